The Labute approximate surface area is 122 Å². The first-order valence-corrected chi connectivity index (χ1v) is 7.52. The summed E-state index contributed by atoms with van der Waals surface area (Å²) in [5.41, 5.74) is -0.487. The van der Waals surface area contributed by atoms with Crippen LogP contribution >= 0.6 is 0 Å². The fraction of sp³-hybridized carbons (Fsp3) is 0.867. The fourth-order valence-electron chi connectivity index (χ4n) is 2.42. The molecule has 2 atom stereocenters. The SMILES string of the molecule is CCCNC(=O)C(C)N1CCC[C@H]1C(=O)OC(C)(C)C. The van der Waals surface area contributed by atoms with Gasteiger partial charge in [-0.25, -0.2) is 0 Å². The molecule has 1 rings (SSSR count). The number of hydrogen-bond acceptors (Lipinski definition) is 4. The van der Waals surface area contributed by atoms with Crippen molar-refractivity contribution in [2.24, 2.45) is 0 Å². The molecule has 0 spiro atoms. The zero-order valence-corrected chi connectivity index (χ0v) is 13.4. The third-order valence-corrected chi connectivity index (χ3v) is 3.40. The smallest absolute Gasteiger partial charge is 0.323 e. The van der Waals surface area contributed by atoms with E-state index in [1.165, 1.54) is 0 Å². The second kappa shape index (κ2) is 7.07. The third kappa shape index (κ3) is 4.78. The Morgan fingerprint density at radius 2 is 2.05 bits per heavy atom. The molecule has 20 heavy (non-hydrogen) atoms. The number of hydrogen-bond donors (Lipinski definition) is 1. The Bertz CT molecular complexity index is 350. The lowest BCUT2D eigenvalue weighted by Gasteiger charge is -2.30. The van der Waals surface area contributed by atoms with Gasteiger partial charge < -0.3 is 10.1 Å². The summed E-state index contributed by atoms with van der Waals surface area (Å²) in [6.45, 7) is 10.9. The summed E-state index contributed by atoms with van der Waals surface area (Å²) >= 11 is 0. The van der Waals surface area contributed by atoms with Gasteiger partial charge in [-0.05, 0) is 53.5 Å². The van der Waals surface area contributed by atoms with Gasteiger partial charge in [0.15, 0.2) is 0 Å². The van der Waals surface area contributed by atoms with E-state index in [2.05, 4.69) is 5.32 Å². The highest BCUT2D eigenvalue weighted by Crippen LogP contribution is 2.23. The van der Waals surface area contributed by atoms with Crippen molar-refractivity contribution in [3.05, 3.63) is 0 Å². The van der Waals surface area contributed by atoms with Crippen LogP contribution in [0.4, 0.5) is 0 Å². The number of carbonyl (C=O) groups excluding carboxylic acids is 2. The van der Waals surface area contributed by atoms with Gasteiger partial charge in [0.05, 0.1) is 6.04 Å². The van der Waals surface area contributed by atoms with E-state index in [1.54, 1.807) is 0 Å². The minimum Gasteiger partial charge on any atom is -0.459 e. The van der Waals surface area contributed by atoms with Gasteiger partial charge in [0.25, 0.3) is 0 Å². The van der Waals surface area contributed by atoms with Gasteiger partial charge in [0.1, 0.15) is 11.6 Å². The molecule has 1 N–H and O–H groups in total. The van der Waals surface area contributed by atoms with Crippen molar-refractivity contribution < 1.29 is 14.3 Å². The maximum atomic E-state index is 12.2. The van der Waals surface area contributed by atoms with Crippen LogP contribution in [-0.2, 0) is 14.3 Å². The normalized spacial score (nSPS) is 21.6. The Balaban J connectivity index is 2.64. The van der Waals surface area contributed by atoms with Gasteiger partial charge >= 0.3 is 5.97 Å². The predicted molar refractivity (Wildman–Crippen MR) is 78.3 cm³/mol. The first-order chi connectivity index (χ1) is 9.26. The zero-order chi connectivity index (χ0) is 15.3. The van der Waals surface area contributed by atoms with Crippen LogP contribution in [0.2, 0.25) is 0 Å². The molecule has 0 radical (unpaired) electrons. The number of likely N-dealkylation sites (tertiary alicyclic amines) is 1. The summed E-state index contributed by atoms with van der Waals surface area (Å²) in [4.78, 5) is 26.2. The molecular weight excluding hydrogens is 256 g/mol. The summed E-state index contributed by atoms with van der Waals surface area (Å²) in [6.07, 6.45) is 2.60. The average molecular weight is 284 g/mol. The van der Waals surface area contributed by atoms with Crippen molar-refractivity contribution in [2.45, 2.75) is 71.6 Å². The highest BCUT2D eigenvalue weighted by atomic mass is 16.6. The largest absolute Gasteiger partial charge is 0.459 e. The molecule has 0 aromatic heterocycles. The molecule has 116 valence electrons. The monoisotopic (exact) mass is 284 g/mol. The first kappa shape index (κ1) is 17.0. The van der Waals surface area contributed by atoms with Crippen LogP contribution in [0.5, 0.6) is 0 Å². The lowest BCUT2D eigenvalue weighted by atomic mass is 10.1. The Hall–Kier alpha value is -1.10. The van der Waals surface area contributed by atoms with E-state index >= 15 is 0 Å². The van der Waals surface area contributed by atoms with Crippen molar-refractivity contribution in [1.29, 1.82) is 0 Å². The maximum Gasteiger partial charge on any atom is 0.323 e. The van der Waals surface area contributed by atoms with E-state index in [-0.39, 0.29) is 24.0 Å². The van der Waals surface area contributed by atoms with Gasteiger partial charge in [-0.2, -0.15) is 0 Å². The molecule has 1 unspecified atom stereocenters. The minimum atomic E-state index is -0.487. The van der Waals surface area contributed by atoms with Gasteiger partial charge in [0.2, 0.25) is 5.91 Å². The predicted octanol–water partition coefficient (Wildman–Crippen LogP) is 1.71. The summed E-state index contributed by atoms with van der Waals surface area (Å²) in [6, 6.07) is -0.585. The standard InChI is InChI=1S/C15H28N2O3/c1-6-9-16-13(18)11(2)17-10-7-8-12(17)14(19)20-15(3,4)5/h11-12H,6-10H2,1-5H3,(H,16,18)/t11?,12-/m0/s1. The molecule has 1 saturated heterocycles. The van der Waals surface area contributed by atoms with E-state index < -0.39 is 5.60 Å². The molecule has 0 aromatic rings. The number of carbonyl (C=O) groups is 2. The van der Waals surface area contributed by atoms with Crippen molar-refractivity contribution in [3.8, 4) is 0 Å². The Morgan fingerprint density at radius 1 is 1.40 bits per heavy atom. The molecule has 0 aliphatic carbocycles. The fourth-order valence-corrected chi connectivity index (χ4v) is 2.42. The van der Waals surface area contributed by atoms with Crippen LogP contribution in [0.15, 0.2) is 0 Å². The van der Waals surface area contributed by atoms with Crippen molar-refractivity contribution >= 4 is 11.9 Å². The van der Waals surface area contributed by atoms with Crippen LogP contribution in [0, 0.1) is 0 Å². The van der Waals surface area contributed by atoms with E-state index in [9.17, 15) is 9.59 Å². The van der Waals surface area contributed by atoms with Gasteiger partial charge in [-0.1, -0.05) is 6.92 Å². The Morgan fingerprint density at radius 3 is 2.60 bits per heavy atom. The third-order valence-electron chi connectivity index (χ3n) is 3.40. The maximum absolute atomic E-state index is 12.2. The van der Waals surface area contributed by atoms with Crippen LogP contribution in [-0.4, -0.2) is 47.6 Å². The van der Waals surface area contributed by atoms with Crippen LogP contribution in [0.25, 0.3) is 0 Å². The molecular formula is C15H28N2O3. The average Bonchev–Trinajstić information content (AvgIpc) is 2.82. The number of nitrogens with one attached hydrogen (secondary N) is 1. The molecule has 1 fully saturated rings. The minimum absolute atomic E-state index is 0.0118. The molecule has 0 bridgehead atoms. The molecule has 1 amide bonds. The Kier molecular flexibility index (Phi) is 5.99. The van der Waals surface area contributed by atoms with Crippen molar-refractivity contribution in [3.63, 3.8) is 0 Å². The number of rotatable bonds is 5. The van der Waals surface area contributed by atoms with Gasteiger partial charge in [-0.3, -0.25) is 14.5 Å². The first-order valence-electron chi connectivity index (χ1n) is 7.52. The van der Waals surface area contributed by atoms with Gasteiger partial charge in [-0.15, -0.1) is 0 Å². The van der Waals surface area contributed by atoms with E-state index in [1.807, 2.05) is 39.5 Å². The zero-order valence-electron chi connectivity index (χ0n) is 13.4. The van der Waals surface area contributed by atoms with E-state index in [0.717, 1.165) is 25.8 Å². The molecule has 5 heteroatoms. The lowest BCUT2D eigenvalue weighted by molar-refractivity contribution is -0.161. The van der Waals surface area contributed by atoms with E-state index in [0.29, 0.717) is 6.54 Å². The molecule has 0 saturated carbocycles. The molecule has 1 aliphatic heterocycles. The number of ether oxygens (including phenoxy) is 1. The number of nitrogens with zero attached hydrogens (tertiary/aromatic N) is 1. The summed E-state index contributed by atoms with van der Waals surface area (Å²) in [7, 11) is 0. The van der Waals surface area contributed by atoms with E-state index in [4.69, 9.17) is 4.74 Å². The van der Waals surface area contributed by atoms with Crippen molar-refractivity contribution in [1.82, 2.24) is 10.2 Å². The highest BCUT2D eigenvalue weighted by molar-refractivity contribution is 5.83. The highest BCUT2D eigenvalue weighted by Gasteiger charge is 2.38. The van der Waals surface area contributed by atoms with Crippen molar-refractivity contribution in [2.75, 3.05) is 13.1 Å². The second-order valence-corrected chi connectivity index (χ2v) is 6.40. The quantitative estimate of drug-likeness (QED) is 0.781. The van der Waals surface area contributed by atoms with Gasteiger partial charge in [0, 0.05) is 6.54 Å². The summed E-state index contributed by atoms with van der Waals surface area (Å²) in [5, 5.41) is 2.88. The van der Waals surface area contributed by atoms with Crippen LogP contribution < -0.4 is 5.32 Å². The lowest BCUT2D eigenvalue weighted by Crippen LogP contribution is -2.50. The summed E-state index contributed by atoms with van der Waals surface area (Å²) in [5.74, 6) is -0.229. The molecule has 1 heterocycles. The molecule has 5 nitrogen and oxygen atoms in total. The van der Waals surface area contributed by atoms with Crippen LogP contribution in [0.3, 0.4) is 0 Å². The van der Waals surface area contributed by atoms with Crippen LogP contribution in [0.1, 0.15) is 53.9 Å². The molecule has 1 aliphatic rings. The number of esters is 1. The topological polar surface area (TPSA) is 58.6 Å². The summed E-state index contributed by atoms with van der Waals surface area (Å²) < 4.78 is 5.45. The molecule has 0 aromatic carbocycles. The second-order valence-electron chi connectivity index (χ2n) is 6.40. The number of amides is 1.